The van der Waals surface area contributed by atoms with Crippen molar-refractivity contribution in [3.63, 3.8) is 0 Å². The van der Waals surface area contributed by atoms with Crippen molar-refractivity contribution in [1.82, 2.24) is 0 Å². The average molecular weight is 386 g/mol. The first-order valence-electron chi connectivity index (χ1n) is 7.95. The van der Waals surface area contributed by atoms with E-state index in [-0.39, 0.29) is 12.1 Å². The number of thiophene rings is 1. The number of benzene rings is 2. The van der Waals surface area contributed by atoms with E-state index < -0.39 is 7.37 Å². The van der Waals surface area contributed by atoms with E-state index in [2.05, 4.69) is 5.32 Å². The fraction of sp³-hybridized carbons (Fsp3) is 0.105. The number of nitrogens with one attached hydrogen (secondary N) is 1. The van der Waals surface area contributed by atoms with Crippen LogP contribution in [-0.2, 0) is 10.7 Å². The molecule has 134 valence electrons. The molecule has 1 atom stereocenters. The van der Waals surface area contributed by atoms with Gasteiger partial charge in [0.2, 0.25) is 7.37 Å². The summed E-state index contributed by atoms with van der Waals surface area (Å²) in [6.07, 6.45) is 0.0880. The molecule has 1 aromatic heterocycles. The molecule has 7 heteroatoms. The van der Waals surface area contributed by atoms with Crippen LogP contribution in [0.4, 0.5) is 11.4 Å². The number of hydrogen-bond acceptors (Lipinski definition) is 4. The molecule has 0 aliphatic heterocycles. The van der Waals surface area contributed by atoms with Gasteiger partial charge in [0.25, 0.3) is 5.91 Å². The van der Waals surface area contributed by atoms with Crippen LogP contribution < -0.4 is 11.1 Å². The third-order valence-electron chi connectivity index (χ3n) is 3.80. The Morgan fingerprint density at radius 3 is 2.54 bits per heavy atom. The highest BCUT2D eigenvalue weighted by molar-refractivity contribution is 7.56. The molecule has 1 unspecified atom stereocenters. The van der Waals surface area contributed by atoms with Gasteiger partial charge in [-0.3, -0.25) is 9.36 Å². The lowest BCUT2D eigenvalue weighted by molar-refractivity contribution is 0.102. The maximum absolute atomic E-state index is 12.5. The van der Waals surface area contributed by atoms with Gasteiger partial charge in [0.1, 0.15) is 0 Å². The Bertz CT molecular complexity index is 963. The summed E-state index contributed by atoms with van der Waals surface area (Å²) in [7, 11) is -3.13. The van der Waals surface area contributed by atoms with Crippen LogP contribution in [0.1, 0.15) is 15.9 Å². The zero-order valence-corrected chi connectivity index (χ0v) is 15.9. The molecule has 0 saturated carbocycles. The first kappa shape index (κ1) is 18.4. The number of rotatable bonds is 5. The van der Waals surface area contributed by atoms with E-state index in [0.717, 1.165) is 10.4 Å². The second kappa shape index (κ2) is 7.46. The number of nitrogen functional groups attached to an aromatic ring is 1. The summed E-state index contributed by atoms with van der Waals surface area (Å²) in [5.41, 5.74) is 9.20. The topological polar surface area (TPSA) is 92.4 Å². The van der Waals surface area contributed by atoms with E-state index in [9.17, 15) is 14.3 Å². The molecule has 3 aromatic rings. The molecule has 0 aliphatic rings. The zero-order valence-electron chi connectivity index (χ0n) is 14.2. The number of nitrogens with two attached hydrogens (primary N) is 1. The predicted octanol–water partition coefficient (Wildman–Crippen LogP) is 4.65. The number of amides is 1. The standard InChI is InChI=1S/C19H19N2O3PS/c1-25(23,24)12-13-4-6-14(7-5-13)19(22)21-17-11-15(8-9-16(17)20)18-3-2-10-26-18/h2-11H,12,20H2,1H3,(H,21,22)(H,23,24). The van der Waals surface area contributed by atoms with Crippen molar-refractivity contribution in [3.8, 4) is 10.4 Å². The summed E-state index contributed by atoms with van der Waals surface area (Å²) in [6, 6.07) is 16.2. The second-order valence-corrected chi connectivity index (χ2v) is 9.51. The summed E-state index contributed by atoms with van der Waals surface area (Å²) in [6.45, 7) is 1.32. The molecule has 5 nitrogen and oxygen atoms in total. The molecular weight excluding hydrogens is 367 g/mol. The van der Waals surface area contributed by atoms with Crippen LogP contribution >= 0.6 is 18.7 Å². The molecule has 0 fully saturated rings. The zero-order chi connectivity index (χ0) is 18.7. The Balaban J connectivity index is 1.77. The van der Waals surface area contributed by atoms with Gasteiger partial charge in [-0.1, -0.05) is 24.3 Å². The minimum absolute atomic E-state index is 0.0880. The molecule has 2 aromatic carbocycles. The highest BCUT2D eigenvalue weighted by Crippen LogP contribution is 2.39. The molecule has 0 spiro atoms. The van der Waals surface area contributed by atoms with Gasteiger partial charge >= 0.3 is 0 Å². The summed E-state index contributed by atoms with van der Waals surface area (Å²) in [5.74, 6) is -0.282. The highest BCUT2D eigenvalue weighted by Gasteiger charge is 2.13. The molecule has 0 saturated heterocycles. The Hall–Kier alpha value is -2.40. The third-order valence-corrected chi connectivity index (χ3v) is 5.67. The molecule has 26 heavy (non-hydrogen) atoms. The Labute approximate surface area is 156 Å². The van der Waals surface area contributed by atoms with Crippen molar-refractivity contribution in [2.75, 3.05) is 17.7 Å². The van der Waals surface area contributed by atoms with Gasteiger partial charge in [-0.25, -0.2) is 0 Å². The maximum atomic E-state index is 12.5. The Kier molecular flexibility index (Phi) is 5.28. The van der Waals surface area contributed by atoms with Crippen molar-refractivity contribution in [1.29, 1.82) is 0 Å². The van der Waals surface area contributed by atoms with Gasteiger partial charge in [0.15, 0.2) is 0 Å². The summed E-state index contributed by atoms with van der Waals surface area (Å²) >= 11 is 1.62. The molecule has 3 rings (SSSR count). The molecule has 0 radical (unpaired) electrons. The number of hydrogen-bond donors (Lipinski definition) is 3. The van der Waals surface area contributed by atoms with Gasteiger partial charge in [-0.05, 0) is 46.8 Å². The van der Waals surface area contributed by atoms with Crippen molar-refractivity contribution in [2.24, 2.45) is 0 Å². The van der Waals surface area contributed by atoms with Crippen LogP contribution in [0.25, 0.3) is 10.4 Å². The van der Waals surface area contributed by atoms with E-state index in [4.69, 9.17) is 5.73 Å². The van der Waals surface area contributed by atoms with E-state index in [1.165, 1.54) is 6.66 Å². The average Bonchev–Trinajstić information content (AvgIpc) is 3.10. The lowest BCUT2D eigenvalue weighted by Gasteiger charge is -2.11. The minimum Gasteiger partial charge on any atom is -0.397 e. The van der Waals surface area contributed by atoms with Crippen LogP contribution in [0.5, 0.6) is 0 Å². The lowest BCUT2D eigenvalue weighted by atomic mass is 10.1. The molecular formula is C19H19N2O3PS. The van der Waals surface area contributed by atoms with Gasteiger partial charge in [0.05, 0.1) is 11.4 Å². The monoisotopic (exact) mass is 386 g/mol. The van der Waals surface area contributed by atoms with Crippen molar-refractivity contribution >= 4 is 36.0 Å². The smallest absolute Gasteiger partial charge is 0.255 e. The molecule has 1 heterocycles. The van der Waals surface area contributed by atoms with E-state index in [0.29, 0.717) is 22.5 Å². The first-order valence-corrected chi connectivity index (χ1v) is 11.1. The van der Waals surface area contributed by atoms with Crippen LogP contribution in [0, 0.1) is 0 Å². The highest BCUT2D eigenvalue weighted by atomic mass is 32.1. The SMILES string of the molecule is CP(=O)(O)Cc1ccc(C(=O)Nc2cc(-c3cccs3)ccc2N)cc1. The number of anilines is 2. The summed E-state index contributed by atoms with van der Waals surface area (Å²) in [5, 5.41) is 4.83. The number of carbonyl (C=O) groups is 1. The predicted molar refractivity (Wildman–Crippen MR) is 108 cm³/mol. The summed E-state index contributed by atoms with van der Waals surface area (Å²) < 4.78 is 11.5. The fourth-order valence-corrected chi connectivity index (χ4v) is 4.17. The Morgan fingerprint density at radius 2 is 1.92 bits per heavy atom. The van der Waals surface area contributed by atoms with Gasteiger partial charge in [-0.2, -0.15) is 0 Å². The molecule has 0 bridgehead atoms. The Morgan fingerprint density at radius 1 is 1.19 bits per heavy atom. The van der Waals surface area contributed by atoms with Crippen molar-refractivity contribution in [2.45, 2.75) is 6.16 Å². The molecule has 4 N–H and O–H groups in total. The van der Waals surface area contributed by atoms with Gasteiger partial charge in [0, 0.05) is 23.3 Å². The molecule has 1 amide bonds. The molecule has 0 aliphatic carbocycles. The number of carbonyl (C=O) groups excluding carboxylic acids is 1. The van der Waals surface area contributed by atoms with Crippen LogP contribution in [-0.4, -0.2) is 17.5 Å². The lowest BCUT2D eigenvalue weighted by Crippen LogP contribution is -2.13. The van der Waals surface area contributed by atoms with Gasteiger partial charge < -0.3 is 15.9 Å². The maximum Gasteiger partial charge on any atom is 0.255 e. The summed E-state index contributed by atoms with van der Waals surface area (Å²) in [4.78, 5) is 23.0. The van der Waals surface area contributed by atoms with Crippen LogP contribution in [0.3, 0.4) is 0 Å². The largest absolute Gasteiger partial charge is 0.397 e. The van der Waals surface area contributed by atoms with E-state index in [1.807, 2.05) is 29.6 Å². The quantitative estimate of drug-likeness (QED) is 0.440. The normalized spacial score (nSPS) is 13.2. The van der Waals surface area contributed by atoms with E-state index >= 15 is 0 Å². The van der Waals surface area contributed by atoms with Crippen molar-refractivity contribution in [3.05, 3.63) is 71.1 Å². The second-order valence-electron chi connectivity index (χ2n) is 6.14. The minimum atomic E-state index is -3.13. The van der Waals surface area contributed by atoms with Crippen LogP contribution in [0.15, 0.2) is 60.0 Å². The van der Waals surface area contributed by atoms with E-state index in [1.54, 1.807) is 41.7 Å². The van der Waals surface area contributed by atoms with Gasteiger partial charge in [-0.15, -0.1) is 11.3 Å². The third kappa shape index (κ3) is 4.61. The van der Waals surface area contributed by atoms with Crippen molar-refractivity contribution < 1.29 is 14.3 Å². The van der Waals surface area contributed by atoms with Crippen LogP contribution in [0.2, 0.25) is 0 Å². The first-order chi connectivity index (χ1) is 12.3. The fourth-order valence-electron chi connectivity index (χ4n) is 2.56.